The molecule has 3 N–H and O–H groups in total. The number of H-pyrrole nitrogens is 2. The fourth-order valence-corrected chi connectivity index (χ4v) is 5.62. The highest BCUT2D eigenvalue weighted by atomic mass is 16.3. The molecule has 2 aromatic carbocycles. The predicted molar refractivity (Wildman–Crippen MR) is 138 cm³/mol. The van der Waals surface area contributed by atoms with Crippen molar-refractivity contribution in [2.24, 2.45) is 10.2 Å². The molecule has 7 heteroatoms. The van der Waals surface area contributed by atoms with Gasteiger partial charge in [0.1, 0.15) is 0 Å². The standard InChI is InChI=1S/C28H24N6O/c1-14-7-8-21-18(11-14)19(28(35)31-21)12-24-26-23(33-34-24)10-9-22-25(26)16-5-3-4-6-17(16)27(30-22)20-13-29-32-15(20)2/h7-13,31,35H,3-6H2,1-2H3,(H,29,32). The van der Waals surface area contributed by atoms with E-state index in [1.807, 2.05) is 37.4 Å². The van der Waals surface area contributed by atoms with E-state index >= 15 is 0 Å². The van der Waals surface area contributed by atoms with Crippen molar-refractivity contribution in [1.82, 2.24) is 20.2 Å². The first-order valence-electron chi connectivity index (χ1n) is 12.0. The molecule has 5 aromatic rings. The van der Waals surface area contributed by atoms with Crippen molar-refractivity contribution in [2.75, 3.05) is 0 Å². The molecule has 4 heterocycles. The topological polar surface area (TPSA) is 102 Å². The number of aromatic amines is 2. The second-order valence-electron chi connectivity index (χ2n) is 9.55. The third-order valence-electron chi connectivity index (χ3n) is 7.31. The maximum absolute atomic E-state index is 10.7. The van der Waals surface area contributed by atoms with Crippen molar-refractivity contribution in [3.8, 4) is 17.1 Å². The lowest BCUT2D eigenvalue weighted by Crippen LogP contribution is -2.08. The van der Waals surface area contributed by atoms with Crippen LogP contribution in [0.1, 0.15) is 46.4 Å². The van der Waals surface area contributed by atoms with Gasteiger partial charge in [0, 0.05) is 38.7 Å². The van der Waals surface area contributed by atoms with E-state index in [2.05, 4.69) is 44.5 Å². The van der Waals surface area contributed by atoms with Gasteiger partial charge in [-0.3, -0.25) is 5.10 Å². The summed E-state index contributed by atoms with van der Waals surface area (Å²) >= 11 is 0. The second kappa shape index (κ2) is 7.37. The van der Waals surface area contributed by atoms with E-state index in [4.69, 9.17) is 4.98 Å². The van der Waals surface area contributed by atoms with E-state index in [0.29, 0.717) is 0 Å². The van der Waals surface area contributed by atoms with Crippen LogP contribution in [0, 0.1) is 13.8 Å². The first-order chi connectivity index (χ1) is 17.1. The normalized spacial score (nSPS) is 15.9. The molecule has 0 fully saturated rings. The van der Waals surface area contributed by atoms with E-state index in [1.54, 1.807) is 0 Å². The number of hydrogen-bond donors (Lipinski definition) is 3. The van der Waals surface area contributed by atoms with Crippen LogP contribution in [0.15, 0.2) is 46.8 Å². The summed E-state index contributed by atoms with van der Waals surface area (Å²) in [7, 11) is 0. The minimum atomic E-state index is 0.139. The number of azo groups is 1. The van der Waals surface area contributed by atoms with Gasteiger partial charge in [-0.05, 0) is 81.0 Å². The Hall–Kier alpha value is -4.26. The lowest BCUT2D eigenvalue weighted by atomic mass is 9.84. The number of fused-ring (bicyclic) bond motifs is 6. The summed E-state index contributed by atoms with van der Waals surface area (Å²) in [5.41, 5.74) is 12.1. The average molecular weight is 461 g/mol. The van der Waals surface area contributed by atoms with Crippen LogP contribution >= 0.6 is 0 Å². The highest BCUT2D eigenvalue weighted by molar-refractivity contribution is 6.07. The van der Waals surface area contributed by atoms with Crippen molar-refractivity contribution in [3.63, 3.8) is 0 Å². The highest BCUT2D eigenvalue weighted by Crippen LogP contribution is 2.46. The van der Waals surface area contributed by atoms with Gasteiger partial charge in [-0.25, -0.2) is 4.98 Å². The number of nitrogens with zero attached hydrogens (tertiary/aromatic N) is 4. The van der Waals surface area contributed by atoms with Crippen LogP contribution < -0.4 is 0 Å². The molecule has 0 spiro atoms. The lowest BCUT2D eigenvalue weighted by Gasteiger charge is -2.22. The Morgan fingerprint density at radius 1 is 1.00 bits per heavy atom. The summed E-state index contributed by atoms with van der Waals surface area (Å²) in [5.74, 6) is 0.139. The zero-order valence-corrected chi connectivity index (χ0v) is 19.6. The van der Waals surface area contributed by atoms with Gasteiger partial charge in [0.05, 0.1) is 28.8 Å². The maximum Gasteiger partial charge on any atom is 0.196 e. The molecule has 2 aliphatic rings. The molecule has 0 amide bonds. The molecule has 35 heavy (non-hydrogen) atoms. The summed E-state index contributed by atoms with van der Waals surface area (Å²) in [6, 6.07) is 10.2. The Kier molecular flexibility index (Phi) is 4.24. The number of aromatic nitrogens is 4. The molecule has 172 valence electrons. The molecule has 7 nitrogen and oxygen atoms in total. The third-order valence-corrected chi connectivity index (χ3v) is 7.31. The Balaban J connectivity index is 1.50. The van der Waals surface area contributed by atoms with E-state index < -0.39 is 0 Å². The smallest absolute Gasteiger partial charge is 0.196 e. The highest BCUT2D eigenvalue weighted by Gasteiger charge is 2.27. The summed E-state index contributed by atoms with van der Waals surface area (Å²) in [6.07, 6.45) is 8.13. The van der Waals surface area contributed by atoms with E-state index in [1.165, 1.54) is 11.1 Å². The predicted octanol–water partition coefficient (Wildman–Crippen LogP) is 6.90. The fraction of sp³-hybridized carbons (Fsp3) is 0.214. The maximum atomic E-state index is 10.7. The van der Waals surface area contributed by atoms with Crippen molar-refractivity contribution in [3.05, 3.63) is 70.0 Å². The lowest BCUT2D eigenvalue weighted by molar-refractivity contribution is 0.457. The largest absolute Gasteiger partial charge is 0.494 e. The van der Waals surface area contributed by atoms with Gasteiger partial charge in [-0.15, -0.1) is 10.2 Å². The number of hydrogen-bond acceptors (Lipinski definition) is 5. The molecule has 0 unspecified atom stereocenters. The van der Waals surface area contributed by atoms with Crippen LogP contribution in [0.3, 0.4) is 0 Å². The molecular formula is C28H24N6O. The van der Waals surface area contributed by atoms with Crippen molar-refractivity contribution < 1.29 is 5.11 Å². The van der Waals surface area contributed by atoms with Gasteiger partial charge in [-0.1, -0.05) is 11.6 Å². The van der Waals surface area contributed by atoms with Gasteiger partial charge < -0.3 is 10.1 Å². The number of aryl methyl sites for hydroxylation is 3. The zero-order valence-electron chi connectivity index (χ0n) is 19.6. The molecule has 0 radical (unpaired) electrons. The van der Waals surface area contributed by atoms with Crippen LogP contribution in [0.2, 0.25) is 0 Å². The fourth-order valence-electron chi connectivity index (χ4n) is 5.62. The van der Waals surface area contributed by atoms with E-state index in [0.717, 1.165) is 92.5 Å². The number of aromatic hydroxyl groups is 1. The minimum Gasteiger partial charge on any atom is -0.494 e. The van der Waals surface area contributed by atoms with Gasteiger partial charge >= 0.3 is 0 Å². The van der Waals surface area contributed by atoms with Gasteiger partial charge in [-0.2, -0.15) is 5.10 Å². The van der Waals surface area contributed by atoms with Crippen molar-refractivity contribution >= 4 is 39.3 Å². The SMILES string of the molecule is Cc1ccc2[nH]c(O)c(C=C3N=Nc4ccc5nc(-c6cn[nH]c6C)c6c(c5c43)CCCC6)c2c1. The summed E-state index contributed by atoms with van der Waals surface area (Å²) in [5, 5.41) is 29.2. The number of nitrogens with one attached hydrogen (secondary N) is 2. The molecule has 1 aliphatic heterocycles. The van der Waals surface area contributed by atoms with Crippen LogP contribution in [-0.2, 0) is 12.8 Å². The number of benzene rings is 2. The molecule has 0 saturated heterocycles. The first-order valence-corrected chi connectivity index (χ1v) is 12.0. The Morgan fingerprint density at radius 2 is 1.86 bits per heavy atom. The second-order valence-corrected chi connectivity index (χ2v) is 9.55. The van der Waals surface area contributed by atoms with E-state index in [-0.39, 0.29) is 5.88 Å². The molecule has 0 saturated carbocycles. The van der Waals surface area contributed by atoms with Gasteiger partial charge in [0.25, 0.3) is 0 Å². The van der Waals surface area contributed by atoms with Crippen LogP contribution in [0.4, 0.5) is 5.69 Å². The molecule has 7 rings (SSSR count). The van der Waals surface area contributed by atoms with E-state index in [9.17, 15) is 5.11 Å². The van der Waals surface area contributed by atoms with Crippen LogP contribution in [0.25, 0.3) is 44.8 Å². The monoisotopic (exact) mass is 460 g/mol. The van der Waals surface area contributed by atoms with Crippen molar-refractivity contribution in [1.29, 1.82) is 0 Å². The van der Waals surface area contributed by atoms with Gasteiger partial charge in [0.15, 0.2) is 5.88 Å². The quantitative estimate of drug-likeness (QED) is 0.267. The molecule has 0 atom stereocenters. The Morgan fingerprint density at radius 3 is 2.69 bits per heavy atom. The molecule has 0 bridgehead atoms. The van der Waals surface area contributed by atoms with Gasteiger partial charge in [0.2, 0.25) is 0 Å². The Labute approximate surface area is 201 Å². The summed E-state index contributed by atoms with van der Waals surface area (Å²) in [6.45, 7) is 4.09. The zero-order chi connectivity index (χ0) is 23.7. The molecule has 3 aromatic heterocycles. The number of rotatable bonds is 2. The summed E-state index contributed by atoms with van der Waals surface area (Å²) in [4.78, 5) is 8.24. The molecular weight excluding hydrogens is 436 g/mol. The van der Waals surface area contributed by atoms with Crippen molar-refractivity contribution in [2.45, 2.75) is 39.5 Å². The summed E-state index contributed by atoms with van der Waals surface area (Å²) < 4.78 is 0. The first kappa shape index (κ1) is 20.1. The third kappa shape index (κ3) is 2.97. The van der Waals surface area contributed by atoms with Crippen LogP contribution in [0.5, 0.6) is 5.88 Å². The van der Waals surface area contributed by atoms with Crippen LogP contribution in [-0.4, -0.2) is 25.3 Å². The average Bonchev–Trinajstić information content (AvgIpc) is 3.56. The Bertz CT molecular complexity index is 1740. The minimum absolute atomic E-state index is 0.139. The molecule has 1 aliphatic carbocycles. The number of pyridine rings is 1.